The lowest BCUT2D eigenvalue weighted by atomic mass is 9.93. The molecule has 36 heteroatoms. The predicted octanol–water partition coefficient (Wildman–Crippen LogP) is -6.72. The highest BCUT2D eigenvalue weighted by Crippen LogP contribution is 2.37. The number of allylic oxidation sites excluding steroid dienone is 2. The molecule has 6 aliphatic heterocycles. The van der Waals surface area contributed by atoms with Crippen molar-refractivity contribution in [2.24, 2.45) is 0 Å². The Hall–Kier alpha value is -4.89. The third-order valence-corrected chi connectivity index (χ3v) is 17.8. The first kappa shape index (κ1) is 81.4. The molecule has 30 atom stereocenters. The van der Waals surface area contributed by atoms with Crippen LogP contribution in [0.1, 0.15) is 96.8 Å². The Kier molecular flexibility index (Phi) is 31.7. The van der Waals surface area contributed by atoms with Crippen LogP contribution in [-0.2, 0) is 76.0 Å². The minimum Gasteiger partial charge on any atom is -0.494 e. The van der Waals surface area contributed by atoms with E-state index < -0.39 is 246 Å². The van der Waals surface area contributed by atoms with Gasteiger partial charge in [0, 0.05) is 40.4 Å². The second-order valence-corrected chi connectivity index (χ2v) is 25.3. The highest BCUT2D eigenvalue weighted by molar-refractivity contribution is 5.94. The molecule has 0 radical (unpaired) electrons. The molecule has 6 saturated heterocycles. The molecule has 564 valence electrons. The van der Waals surface area contributed by atoms with Crippen molar-refractivity contribution in [3.05, 3.63) is 42.0 Å². The SMILES string of the molecule is CCCCCC/C=C\CCCOc1cccc(C(=O)N[C@@H]2C(O[C@H]3C(O)C(NC(C)=O)C(OC4C(CO)O[C@@H](O[C@H]5C(O)C(NC(C)=O)C(OC6C(CO[C@@H]7OC(C)C(O)[C@H](O)[C@H]7OC)OC(O)[C@@H](NC(C)=O)[C@H]6O)O[C@H]5CO)[C@@H](NC(C)=O)[C@H]4O)O[C@H]3CO)OC(CO)[C@@H](O)[C@@H]2O)c1. The zero-order valence-corrected chi connectivity index (χ0v) is 56.1. The van der Waals surface area contributed by atoms with Crippen molar-refractivity contribution in [3.63, 3.8) is 0 Å². The van der Waals surface area contributed by atoms with Crippen LogP contribution in [0.25, 0.3) is 0 Å². The first-order valence-corrected chi connectivity index (χ1v) is 33.2. The Morgan fingerprint density at radius 3 is 1.35 bits per heavy atom. The number of nitrogens with one attached hydrogen (secondary N) is 5. The maximum absolute atomic E-state index is 14.0. The van der Waals surface area contributed by atoms with Crippen molar-refractivity contribution >= 4 is 29.5 Å². The van der Waals surface area contributed by atoms with Crippen LogP contribution in [0, 0.1) is 0 Å². The molecule has 0 spiro atoms. The van der Waals surface area contributed by atoms with Crippen LogP contribution in [0.2, 0.25) is 0 Å². The van der Waals surface area contributed by atoms with E-state index in [9.17, 15) is 90.4 Å². The zero-order chi connectivity index (χ0) is 72.5. The van der Waals surface area contributed by atoms with E-state index in [4.69, 9.17) is 61.6 Å². The summed E-state index contributed by atoms with van der Waals surface area (Å²) >= 11 is 0. The lowest BCUT2D eigenvalue weighted by molar-refractivity contribution is -0.368. The second kappa shape index (κ2) is 38.6. The normalized spacial score (nSPS) is 39.6. The van der Waals surface area contributed by atoms with E-state index in [1.807, 2.05) is 0 Å². The molecule has 1 aromatic carbocycles. The minimum absolute atomic E-state index is 0.0482. The van der Waals surface area contributed by atoms with Crippen molar-refractivity contribution in [1.82, 2.24) is 26.6 Å². The molecule has 0 saturated carbocycles. The van der Waals surface area contributed by atoms with Gasteiger partial charge in [0.1, 0.15) is 146 Å². The number of hydrogen-bond donors (Lipinski definition) is 18. The number of aliphatic hydroxyl groups is 13. The lowest BCUT2D eigenvalue weighted by Gasteiger charge is -2.51. The molecule has 18 N–H and O–H groups in total. The molecular weight excluding hydrogens is 1320 g/mol. The van der Waals surface area contributed by atoms with E-state index in [1.54, 1.807) is 12.1 Å². The van der Waals surface area contributed by atoms with Crippen molar-refractivity contribution in [2.45, 2.75) is 270 Å². The third kappa shape index (κ3) is 20.9. The Balaban J connectivity index is 1.07. The van der Waals surface area contributed by atoms with Gasteiger partial charge < -0.3 is 155 Å². The first-order chi connectivity index (χ1) is 47.2. The second-order valence-electron chi connectivity index (χ2n) is 25.3. The van der Waals surface area contributed by atoms with E-state index >= 15 is 0 Å². The summed E-state index contributed by atoms with van der Waals surface area (Å²) in [6.45, 7) is 3.52. The number of carbonyl (C=O) groups excluding carboxylic acids is 5. The summed E-state index contributed by atoms with van der Waals surface area (Å²) in [5.74, 6) is -3.67. The molecule has 5 amide bonds. The van der Waals surface area contributed by atoms with E-state index in [0.717, 1.165) is 53.4 Å². The fourth-order valence-corrected chi connectivity index (χ4v) is 12.7. The Morgan fingerprint density at radius 1 is 0.465 bits per heavy atom. The number of amides is 5. The van der Waals surface area contributed by atoms with E-state index in [-0.39, 0.29) is 5.56 Å². The summed E-state index contributed by atoms with van der Waals surface area (Å²) in [6, 6.07) is -2.45. The van der Waals surface area contributed by atoms with Crippen LogP contribution in [0.15, 0.2) is 36.4 Å². The Morgan fingerprint density at radius 2 is 0.899 bits per heavy atom. The molecule has 15 unspecified atom stereocenters. The average molecular weight is 1420 g/mol. The van der Waals surface area contributed by atoms with Crippen LogP contribution < -0.4 is 31.3 Å². The molecule has 6 heterocycles. The number of benzene rings is 1. The van der Waals surface area contributed by atoms with Crippen LogP contribution in [0.4, 0.5) is 0 Å². The number of hydrogen-bond acceptors (Lipinski definition) is 31. The Labute approximate surface area is 571 Å². The minimum atomic E-state index is -2.07. The van der Waals surface area contributed by atoms with Gasteiger partial charge in [-0.1, -0.05) is 44.4 Å². The lowest BCUT2D eigenvalue weighted by Crippen LogP contribution is -2.72. The molecule has 6 fully saturated rings. The topological polar surface area (TPSA) is 528 Å². The van der Waals surface area contributed by atoms with Crippen LogP contribution in [-0.4, -0.2) is 327 Å². The van der Waals surface area contributed by atoms with E-state index in [0.29, 0.717) is 18.8 Å². The summed E-state index contributed by atoms with van der Waals surface area (Å²) < 4.78 is 77.9. The smallest absolute Gasteiger partial charge is 0.251 e. The Bertz CT molecular complexity index is 2730. The van der Waals surface area contributed by atoms with Crippen molar-refractivity contribution in [3.8, 4) is 5.75 Å². The van der Waals surface area contributed by atoms with Crippen LogP contribution >= 0.6 is 0 Å². The highest BCUT2D eigenvalue weighted by atomic mass is 16.8. The number of aliphatic hydroxyl groups excluding tert-OH is 13. The van der Waals surface area contributed by atoms with Gasteiger partial charge in [0.15, 0.2) is 37.7 Å². The van der Waals surface area contributed by atoms with Gasteiger partial charge in [0.05, 0.1) is 45.7 Å². The molecule has 99 heavy (non-hydrogen) atoms. The molecular formula is C63H101N5O31. The van der Waals surface area contributed by atoms with Gasteiger partial charge >= 0.3 is 0 Å². The van der Waals surface area contributed by atoms with Crippen molar-refractivity contribution in [1.29, 1.82) is 0 Å². The highest BCUT2D eigenvalue weighted by Gasteiger charge is 2.58. The van der Waals surface area contributed by atoms with E-state index in [2.05, 4.69) is 45.7 Å². The molecule has 7 rings (SSSR count). The quantitative estimate of drug-likeness (QED) is 0.0235. The molecule has 6 aliphatic rings. The number of methoxy groups -OCH3 is 1. The van der Waals surface area contributed by atoms with E-state index in [1.165, 1.54) is 39.0 Å². The van der Waals surface area contributed by atoms with Crippen LogP contribution in [0.3, 0.4) is 0 Å². The van der Waals surface area contributed by atoms with Gasteiger partial charge in [0.25, 0.3) is 5.91 Å². The number of ether oxygens (including phenoxy) is 13. The van der Waals surface area contributed by atoms with Gasteiger partial charge in [-0.15, -0.1) is 0 Å². The van der Waals surface area contributed by atoms with Gasteiger partial charge in [-0.25, -0.2) is 0 Å². The maximum Gasteiger partial charge on any atom is 0.251 e. The largest absolute Gasteiger partial charge is 0.494 e. The first-order valence-electron chi connectivity index (χ1n) is 33.2. The number of unbranched alkanes of at least 4 members (excludes halogenated alkanes) is 5. The summed E-state index contributed by atoms with van der Waals surface area (Å²) in [7, 11) is 1.21. The molecule has 36 nitrogen and oxygen atoms in total. The van der Waals surface area contributed by atoms with Crippen molar-refractivity contribution in [2.75, 3.05) is 46.8 Å². The van der Waals surface area contributed by atoms with Gasteiger partial charge in [0.2, 0.25) is 23.6 Å². The monoisotopic (exact) mass is 1420 g/mol. The van der Waals surface area contributed by atoms with Gasteiger partial charge in [-0.3, -0.25) is 24.0 Å². The fourth-order valence-electron chi connectivity index (χ4n) is 12.7. The molecule has 1 aromatic rings. The summed E-state index contributed by atoms with van der Waals surface area (Å²) in [5, 5.41) is 158. The van der Waals surface area contributed by atoms with Gasteiger partial charge in [-0.05, 0) is 50.8 Å². The molecule has 0 bridgehead atoms. The summed E-state index contributed by atoms with van der Waals surface area (Å²) in [5.41, 5.74) is 0.0482. The maximum atomic E-state index is 14.0. The number of carbonyl (C=O) groups is 5. The van der Waals surface area contributed by atoms with Crippen LogP contribution in [0.5, 0.6) is 5.75 Å². The zero-order valence-electron chi connectivity index (χ0n) is 56.1. The average Bonchev–Trinajstić information content (AvgIpc) is 0.771. The molecule has 0 aromatic heterocycles. The third-order valence-electron chi connectivity index (χ3n) is 17.8. The number of rotatable bonds is 32. The summed E-state index contributed by atoms with van der Waals surface area (Å²) in [4.78, 5) is 65.1. The summed E-state index contributed by atoms with van der Waals surface area (Å²) in [6.07, 6.45) is -32.0. The standard InChI is InChI=1S/C63H101N5O31/c1-8-9-10-11-12-13-14-15-16-20-88-33-19-17-18-32(21-33)57(85)68-40-46(79)45(78)34(22-69)92-59(40)96-52-35(23-70)93-60(41(48(52)81)65-29(4)74)97-53-36(24-71)94-61(42(49(53)82)66-30(5)75)98-54-37(25-72)95-62(43(50(54)83)67-31(6)76)99-55-38(91-58(86)39(47(55)80)64-28(3)73)26-89-63-56(87-7)51(84)44(77)27(2)90-63/h13-14,17-19,21,27,34-56,58-63,69-72,77-84,86H,8-12,15-16,20,22-26H2,1-7H3,(H,64,73)(H,65,74)(H,66,75)(H,67,76)(H,68,85)/b14-13-/t27?,34?,35-,36?,37-,38?,39-,40-,41?,42-,43?,44?,45+,46+,47+,48?,49+,50?,51-,52+,53?,54+,55?,56+,58?,59?,60?,61-,62?,63+/m0/s1. The van der Waals surface area contributed by atoms with Crippen molar-refractivity contribution < 1.29 is 152 Å². The fraction of sp³-hybridized carbons (Fsp3) is 0.794. The predicted molar refractivity (Wildman–Crippen MR) is 333 cm³/mol. The molecule has 0 aliphatic carbocycles. The van der Waals surface area contributed by atoms with Gasteiger partial charge in [-0.2, -0.15) is 0 Å².